The molecule has 0 amide bonds. The summed E-state index contributed by atoms with van der Waals surface area (Å²) in [6.45, 7) is 3.46. The fourth-order valence-electron chi connectivity index (χ4n) is 1.07. The second-order valence-corrected chi connectivity index (χ2v) is 6.82. The number of aromatic nitrogens is 2. The second kappa shape index (κ2) is 4.39. The van der Waals surface area contributed by atoms with Crippen molar-refractivity contribution in [1.29, 1.82) is 0 Å². The Morgan fingerprint density at radius 2 is 2.18 bits per heavy atom. The van der Waals surface area contributed by atoms with Gasteiger partial charge >= 0.3 is 0 Å². The van der Waals surface area contributed by atoms with E-state index in [4.69, 9.17) is 4.52 Å². The number of halogens is 1. The van der Waals surface area contributed by atoms with Crippen LogP contribution in [0.25, 0.3) is 0 Å². The number of hydrogen-bond donors (Lipinski definition) is 1. The quantitative estimate of drug-likeness (QED) is 0.928. The molecule has 0 aliphatic rings. The Kier molecular flexibility index (Phi) is 3.23. The monoisotopic (exact) mass is 337 g/mol. The van der Waals surface area contributed by atoms with Gasteiger partial charge in [0, 0.05) is 5.56 Å². The summed E-state index contributed by atoms with van der Waals surface area (Å²) in [5, 5.41) is 3.68. The molecule has 0 atom stereocenters. The maximum absolute atomic E-state index is 12.0. The maximum Gasteiger partial charge on any atom is 0.276 e. The molecule has 0 saturated heterocycles. The summed E-state index contributed by atoms with van der Waals surface area (Å²) < 4.78 is 35.5. The third-order valence-corrected chi connectivity index (χ3v) is 5.89. The smallest absolute Gasteiger partial charge is 0.276 e. The molecule has 6 nitrogen and oxygen atoms in total. The fraction of sp³-hybridized carbons (Fsp3) is 0.250. The average molecular weight is 338 g/mol. The summed E-state index contributed by atoms with van der Waals surface area (Å²) in [4.78, 5) is 0. The minimum atomic E-state index is -3.68. The standard InChI is InChI=1S/C8H8BrN3O3S2/c1-4-5(2)11-15-7(4)12-17(13,14)8-6(9)3-10-16-8/h3,12H,1-2H3. The molecule has 1 N–H and O–H groups in total. The lowest BCUT2D eigenvalue weighted by Gasteiger charge is -2.02. The third kappa shape index (κ3) is 2.35. The lowest BCUT2D eigenvalue weighted by molar-refractivity contribution is 0.430. The van der Waals surface area contributed by atoms with E-state index in [1.807, 2.05) is 0 Å². The van der Waals surface area contributed by atoms with Crippen LogP contribution in [0.2, 0.25) is 0 Å². The summed E-state index contributed by atoms with van der Waals surface area (Å²) in [5.41, 5.74) is 1.31. The van der Waals surface area contributed by atoms with E-state index in [0.717, 1.165) is 11.5 Å². The van der Waals surface area contributed by atoms with Crippen LogP contribution in [-0.4, -0.2) is 17.9 Å². The molecule has 0 spiro atoms. The van der Waals surface area contributed by atoms with E-state index < -0.39 is 10.0 Å². The van der Waals surface area contributed by atoms with Crippen LogP contribution in [0.1, 0.15) is 11.3 Å². The number of sulfonamides is 1. The van der Waals surface area contributed by atoms with Gasteiger partial charge in [0.1, 0.15) is 0 Å². The van der Waals surface area contributed by atoms with E-state index in [9.17, 15) is 8.42 Å². The Morgan fingerprint density at radius 1 is 1.47 bits per heavy atom. The van der Waals surface area contributed by atoms with Gasteiger partial charge in [0.15, 0.2) is 4.21 Å². The first-order valence-corrected chi connectivity index (χ1v) is 7.52. The summed E-state index contributed by atoms with van der Waals surface area (Å²) in [6, 6.07) is 0. The molecule has 9 heteroatoms. The Labute approximate surface area is 110 Å². The Balaban J connectivity index is 2.37. The zero-order valence-corrected chi connectivity index (χ0v) is 12.1. The van der Waals surface area contributed by atoms with Crippen molar-refractivity contribution in [2.75, 3.05) is 4.72 Å². The van der Waals surface area contributed by atoms with Crippen molar-refractivity contribution in [3.05, 3.63) is 21.9 Å². The molecule has 17 heavy (non-hydrogen) atoms. The Bertz CT molecular complexity index is 647. The number of nitrogens with one attached hydrogen (secondary N) is 1. The van der Waals surface area contributed by atoms with Gasteiger partial charge in [-0.05, 0) is 41.3 Å². The molecule has 2 heterocycles. The van der Waals surface area contributed by atoms with Gasteiger partial charge in [0.05, 0.1) is 16.4 Å². The Morgan fingerprint density at radius 3 is 2.65 bits per heavy atom. The molecular weight excluding hydrogens is 330 g/mol. The van der Waals surface area contributed by atoms with E-state index >= 15 is 0 Å². The number of hydrogen-bond acceptors (Lipinski definition) is 6. The van der Waals surface area contributed by atoms with Gasteiger partial charge < -0.3 is 4.52 Å². The minimum Gasteiger partial charge on any atom is -0.337 e. The molecule has 0 bridgehead atoms. The molecule has 2 aromatic rings. The molecule has 0 fully saturated rings. The van der Waals surface area contributed by atoms with Crippen LogP contribution in [0.3, 0.4) is 0 Å². The van der Waals surface area contributed by atoms with Crippen LogP contribution in [0.15, 0.2) is 19.4 Å². The molecule has 2 rings (SSSR count). The highest BCUT2D eigenvalue weighted by Gasteiger charge is 2.23. The highest BCUT2D eigenvalue weighted by Crippen LogP contribution is 2.28. The first kappa shape index (κ1) is 12.5. The van der Waals surface area contributed by atoms with Gasteiger partial charge in [-0.3, -0.25) is 0 Å². The van der Waals surface area contributed by atoms with Crippen LogP contribution in [-0.2, 0) is 10.0 Å². The number of aryl methyl sites for hydroxylation is 1. The SMILES string of the molecule is Cc1noc(NS(=O)(=O)c2sncc2Br)c1C. The summed E-state index contributed by atoms with van der Waals surface area (Å²) in [7, 11) is -3.68. The molecule has 0 aromatic carbocycles. The first-order chi connectivity index (χ1) is 7.92. The average Bonchev–Trinajstić information content (AvgIpc) is 2.80. The van der Waals surface area contributed by atoms with Crippen LogP contribution in [0, 0.1) is 13.8 Å². The van der Waals surface area contributed by atoms with Gasteiger partial charge in [-0.25, -0.2) is 13.1 Å². The number of anilines is 1. The maximum atomic E-state index is 12.0. The highest BCUT2D eigenvalue weighted by atomic mass is 79.9. The van der Waals surface area contributed by atoms with Gasteiger partial charge in [0.2, 0.25) is 5.88 Å². The van der Waals surface area contributed by atoms with Crippen molar-refractivity contribution in [2.45, 2.75) is 18.1 Å². The summed E-state index contributed by atoms with van der Waals surface area (Å²) in [5.74, 6) is 0.128. The fourth-order valence-corrected chi connectivity index (χ4v) is 4.04. The van der Waals surface area contributed by atoms with Crippen LogP contribution in [0.4, 0.5) is 5.88 Å². The molecule has 0 aliphatic heterocycles. The second-order valence-electron chi connectivity index (χ2n) is 3.29. The molecule has 0 saturated carbocycles. The third-order valence-electron chi connectivity index (χ3n) is 2.12. The zero-order chi connectivity index (χ0) is 12.6. The molecule has 0 radical (unpaired) electrons. The van der Waals surface area contributed by atoms with Gasteiger partial charge in [0.25, 0.3) is 10.0 Å². The van der Waals surface area contributed by atoms with Gasteiger partial charge in [-0.1, -0.05) is 5.16 Å². The molecule has 0 unspecified atom stereocenters. The molecule has 0 aliphatic carbocycles. The topological polar surface area (TPSA) is 85.1 Å². The van der Waals surface area contributed by atoms with E-state index in [0.29, 0.717) is 15.7 Å². The zero-order valence-electron chi connectivity index (χ0n) is 8.89. The van der Waals surface area contributed by atoms with E-state index in [-0.39, 0.29) is 10.1 Å². The predicted molar refractivity (Wildman–Crippen MR) is 66.6 cm³/mol. The molecular formula is C8H8BrN3O3S2. The predicted octanol–water partition coefficient (Wildman–Crippen LogP) is 2.31. The number of rotatable bonds is 3. The highest BCUT2D eigenvalue weighted by molar-refractivity contribution is 9.10. The summed E-state index contributed by atoms with van der Waals surface area (Å²) >= 11 is 4.00. The van der Waals surface area contributed by atoms with E-state index in [2.05, 4.69) is 30.2 Å². The van der Waals surface area contributed by atoms with Crippen molar-refractivity contribution in [3.63, 3.8) is 0 Å². The van der Waals surface area contributed by atoms with Gasteiger partial charge in [-0.15, -0.1) is 0 Å². The largest absolute Gasteiger partial charge is 0.337 e. The lowest BCUT2D eigenvalue weighted by atomic mass is 10.3. The van der Waals surface area contributed by atoms with Crippen molar-refractivity contribution >= 4 is 43.4 Å². The molecule has 92 valence electrons. The van der Waals surface area contributed by atoms with Crippen molar-refractivity contribution in [1.82, 2.24) is 9.53 Å². The van der Waals surface area contributed by atoms with Crippen molar-refractivity contribution in [2.24, 2.45) is 0 Å². The van der Waals surface area contributed by atoms with Crippen LogP contribution >= 0.6 is 27.5 Å². The molecule has 2 aromatic heterocycles. The van der Waals surface area contributed by atoms with E-state index in [1.54, 1.807) is 13.8 Å². The number of nitrogens with zero attached hydrogens (tertiary/aromatic N) is 2. The van der Waals surface area contributed by atoms with Crippen molar-refractivity contribution < 1.29 is 12.9 Å². The minimum absolute atomic E-state index is 0.103. The summed E-state index contributed by atoms with van der Waals surface area (Å²) in [6.07, 6.45) is 1.43. The van der Waals surface area contributed by atoms with E-state index in [1.165, 1.54) is 6.20 Å². The van der Waals surface area contributed by atoms with Crippen LogP contribution < -0.4 is 4.72 Å². The Hall–Kier alpha value is -0.930. The first-order valence-electron chi connectivity index (χ1n) is 4.47. The lowest BCUT2D eigenvalue weighted by Crippen LogP contribution is -2.12. The normalized spacial score (nSPS) is 11.7. The van der Waals surface area contributed by atoms with Gasteiger partial charge in [-0.2, -0.15) is 4.37 Å². The van der Waals surface area contributed by atoms with Crippen molar-refractivity contribution in [3.8, 4) is 0 Å². The van der Waals surface area contributed by atoms with Crippen LogP contribution in [0.5, 0.6) is 0 Å².